The number of hydrogen-bond acceptors (Lipinski definition) is 3. The van der Waals surface area contributed by atoms with Crippen LogP contribution in [0.1, 0.15) is 39.2 Å². The highest BCUT2D eigenvalue weighted by molar-refractivity contribution is 5.73. The molecule has 3 nitrogen and oxygen atoms in total. The minimum absolute atomic E-state index is 0.0764. The molecule has 1 saturated heterocycles. The molecule has 134 valence electrons. The second-order valence-electron chi connectivity index (χ2n) is 6.96. The summed E-state index contributed by atoms with van der Waals surface area (Å²) < 4.78 is 57.6. The monoisotopic (exact) mass is 347 g/mol. The third kappa shape index (κ3) is 4.61. The molecule has 24 heavy (non-hydrogen) atoms. The van der Waals surface area contributed by atoms with Crippen LogP contribution in [0, 0.1) is 11.7 Å². The predicted octanol–water partition coefficient (Wildman–Crippen LogP) is 4.40. The number of benzene rings is 1. The molecule has 0 N–H and O–H groups in total. The summed E-state index contributed by atoms with van der Waals surface area (Å²) in [6, 6.07) is 2.38. The van der Waals surface area contributed by atoms with Gasteiger partial charge >= 0.3 is 12.1 Å². The van der Waals surface area contributed by atoms with Crippen LogP contribution in [0.2, 0.25) is 0 Å². The molecule has 7 heteroatoms. The molecule has 0 aromatic heterocycles. The molecule has 0 radical (unpaired) electrons. The molecule has 0 spiro atoms. The van der Waals surface area contributed by atoms with E-state index in [9.17, 15) is 22.4 Å². The molecule has 0 bridgehead atoms. The van der Waals surface area contributed by atoms with Gasteiger partial charge in [0.15, 0.2) is 0 Å². The first-order valence-electron chi connectivity index (χ1n) is 7.82. The van der Waals surface area contributed by atoms with Crippen LogP contribution in [-0.2, 0) is 15.7 Å². The van der Waals surface area contributed by atoms with Gasteiger partial charge in [0, 0.05) is 13.1 Å². The van der Waals surface area contributed by atoms with E-state index in [1.54, 1.807) is 25.7 Å². The SMILES string of the molecule is CC(C)(C)OC(=O)C1CCN(c2cc(C(F)(F)F)ccc2F)CC1. The van der Waals surface area contributed by atoms with Gasteiger partial charge in [-0.1, -0.05) is 0 Å². The lowest BCUT2D eigenvalue weighted by atomic mass is 9.96. The van der Waals surface area contributed by atoms with Gasteiger partial charge in [0.1, 0.15) is 11.4 Å². The molecule has 0 amide bonds. The number of halogens is 4. The molecule has 1 aliphatic rings. The van der Waals surface area contributed by atoms with Crippen molar-refractivity contribution in [3.05, 3.63) is 29.6 Å². The van der Waals surface area contributed by atoms with Crippen LogP contribution in [0.15, 0.2) is 18.2 Å². The molecule has 1 aromatic carbocycles. The number of piperidine rings is 1. The molecular weight excluding hydrogens is 326 g/mol. The number of ether oxygens (including phenoxy) is 1. The number of rotatable bonds is 2. The van der Waals surface area contributed by atoms with Crippen molar-refractivity contribution in [2.75, 3.05) is 18.0 Å². The maximum absolute atomic E-state index is 13.9. The summed E-state index contributed by atoms with van der Waals surface area (Å²) in [5.74, 6) is -1.32. The number of anilines is 1. The van der Waals surface area contributed by atoms with Gasteiger partial charge in [-0.25, -0.2) is 4.39 Å². The molecule has 0 aliphatic carbocycles. The lowest BCUT2D eigenvalue weighted by Crippen LogP contribution is -2.39. The van der Waals surface area contributed by atoms with Gasteiger partial charge in [-0.3, -0.25) is 4.79 Å². The van der Waals surface area contributed by atoms with Crippen LogP contribution >= 0.6 is 0 Å². The summed E-state index contributed by atoms with van der Waals surface area (Å²) >= 11 is 0. The summed E-state index contributed by atoms with van der Waals surface area (Å²) in [4.78, 5) is 13.6. The Morgan fingerprint density at radius 1 is 1.17 bits per heavy atom. The van der Waals surface area contributed by atoms with Crippen molar-refractivity contribution >= 4 is 11.7 Å². The Hall–Kier alpha value is -1.79. The normalized spacial score (nSPS) is 17.0. The highest BCUT2D eigenvalue weighted by Crippen LogP contribution is 2.34. The first-order valence-corrected chi connectivity index (χ1v) is 7.82. The quantitative estimate of drug-likeness (QED) is 0.586. The van der Waals surface area contributed by atoms with E-state index in [-0.39, 0.29) is 17.6 Å². The number of esters is 1. The van der Waals surface area contributed by atoms with Gasteiger partial charge in [0.25, 0.3) is 0 Å². The van der Waals surface area contributed by atoms with E-state index in [0.29, 0.717) is 25.9 Å². The second kappa shape index (κ2) is 6.61. The Labute approximate surface area is 138 Å². The maximum Gasteiger partial charge on any atom is 0.416 e. The number of hydrogen-bond donors (Lipinski definition) is 0. The van der Waals surface area contributed by atoms with E-state index in [1.807, 2.05) is 0 Å². The molecule has 2 rings (SSSR count). The van der Waals surface area contributed by atoms with E-state index in [4.69, 9.17) is 4.74 Å². The zero-order chi connectivity index (χ0) is 18.1. The van der Waals surface area contributed by atoms with Gasteiger partial charge < -0.3 is 9.64 Å². The zero-order valence-corrected chi connectivity index (χ0v) is 13.9. The third-order valence-electron chi connectivity index (χ3n) is 3.85. The standard InChI is InChI=1S/C17H21F4NO2/c1-16(2,3)24-15(23)11-6-8-22(9-7-11)14-10-12(17(19,20)21)4-5-13(14)18/h4-5,10-11H,6-9H2,1-3H3. The molecule has 1 fully saturated rings. The summed E-state index contributed by atoms with van der Waals surface area (Å²) in [7, 11) is 0. The van der Waals surface area contributed by atoms with Crippen LogP contribution < -0.4 is 4.90 Å². The molecular formula is C17H21F4NO2. The van der Waals surface area contributed by atoms with Crippen LogP contribution in [0.25, 0.3) is 0 Å². The van der Waals surface area contributed by atoms with Crippen LogP contribution in [0.4, 0.5) is 23.2 Å². The third-order valence-corrected chi connectivity index (χ3v) is 3.85. The molecule has 0 saturated carbocycles. The van der Waals surface area contributed by atoms with Crippen molar-refractivity contribution in [1.82, 2.24) is 0 Å². The van der Waals surface area contributed by atoms with Crippen molar-refractivity contribution in [2.24, 2.45) is 5.92 Å². The van der Waals surface area contributed by atoms with E-state index in [0.717, 1.165) is 18.2 Å². The molecule has 1 aliphatic heterocycles. The molecule has 1 heterocycles. The number of nitrogens with zero attached hydrogens (tertiary/aromatic N) is 1. The van der Waals surface area contributed by atoms with E-state index in [2.05, 4.69) is 0 Å². The van der Waals surface area contributed by atoms with Crippen molar-refractivity contribution in [3.8, 4) is 0 Å². The first-order chi connectivity index (χ1) is 11.0. The summed E-state index contributed by atoms with van der Waals surface area (Å²) in [6.07, 6.45) is -3.67. The van der Waals surface area contributed by atoms with Crippen molar-refractivity contribution in [3.63, 3.8) is 0 Å². The van der Waals surface area contributed by atoms with Gasteiger partial charge in [-0.2, -0.15) is 13.2 Å². The van der Waals surface area contributed by atoms with Crippen LogP contribution in [-0.4, -0.2) is 24.7 Å². The zero-order valence-electron chi connectivity index (χ0n) is 13.9. The Kier molecular flexibility index (Phi) is 5.11. The summed E-state index contributed by atoms with van der Waals surface area (Å²) in [5.41, 5.74) is -1.54. The molecule has 0 atom stereocenters. The largest absolute Gasteiger partial charge is 0.460 e. The summed E-state index contributed by atoms with van der Waals surface area (Å²) in [5, 5.41) is 0. The van der Waals surface area contributed by atoms with Crippen molar-refractivity contribution in [2.45, 2.75) is 45.4 Å². The van der Waals surface area contributed by atoms with Crippen LogP contribution in [0.5, 0.6) is 0 Å². The van der Waals surface area contributed by atoms with E-state index in [1.165, 1.54) is 0 Å². The average Bonchev–Trinajstić information content (AvgIpc) is 2.45. The fraction of sp³-hybridized carbons (Fsp3) is 0.588. The van der Waals surface area contributed by atoms with Crippen molar-refractivity contribution < 1.29 is 27.1 Å². The fourth-order valence-corrected chi connectivity index (χ4v) is 2.67. The minimum atomic E-state index is -4.52. The van der Waals surface area contributed by atoms with Gasteiger partial charge in [0.05, 0.1) is 17.2 Å². The van der Waals surface area contributed by atoms with Gasteiger partial charge in [-0.05, 0) is 51.8 Å². The minimum Gasteiger partial charge on any atom is -0.460 e. The smallest absolute Gasteiger partial charge is 0.416 e. The highest BCUT2D eigenvalue weighted by atomic mass is 19.4. The van der Waals surface area contributed by atoms with Gasteiger partial charge in [-0.15, -0.1) is 0 Å². The lowest BCUT2D eigenvalue weighted by Gasteiger charge is -2.34. The van der Waals surface area contributed by atoms with E-state index < -0.39 is 23.2 Å². The van der Waals surface area contributed by atoms with Crippen molar-refractivity contribution in [1.29, 1.82) is 0 Å². The van der Waals surface area contributed by atoms with E-state index >= 15 is 0 Å². The fourth-order valence-electron chi connectivity index (χ4n) is 2.67. The number of alkyl halides is 3. The van der Waals surface area contributed by atoms with Gasteiger partial charge in [0.2, 0.25) is 0 Å². The summed E-state index contributed by atoms with van der Waals surface area (Å²) in [6.45, 7) is 5.94. The Balaban J connectivity index is 2.06. The second-order valence-corrected chi connectivity index (χ2v) is 6.96. The lowest BCUT2D eigenvalue weighted by molar-refractivity contribution is -0.160. The Morgan fingerprint density at radius 2 is 1.75 bits per heavy atom. The maximum atomic E-state index is 13.9. The average molecular weight is 347 g/mol. The molecule has 1 aromatic rings. The molecule has 0 unspecified atom stereocenters. The highest BCUT2D eigenvalue weighted by Gasteiger charge is 2.33. The Bertz CT molecular complexity index is 600. The Morgan fingerprint density at radius 3 is 2.25 bits per heavy atom. The topological polar surface area (TPSA) is 29.5 Å². The predicted molar refractivity (Wildman–Crippen MR) is 82.2 cm³/mol. The first kappa shape index (κ1) is 18.5. The number of carbonyl (C=O) groups excluding carboxylic acids is 1. The number of carbonyl (C=O) groups is 1. The van der Waals surface area contributed by atoms with Crippen LogP contribution in [0.3, 0.4) is 0 Å².